The molecule has 2 aromatic heterocycles. The van der Waals surface area contributed by atoms with Gasteiger partial charge in [0, 0.05) is 37.4 Å². The molecule has 0 saturated carbocycles. The minimum Gasteiger partial charge on any atom is -0.337 e. The van der Waals surface area contributed by atoms with Crippen LogP contribution in [0.1, 0.15) is 42.0 Å². The summed E-state index contributed by atoms with van der Waals surface area (Å²) in [5.41, 5.74) is 1.59. The third kappa shape index (κ3) is 3.12. The highest BCUT2D eigenvalue weighted by molar-refractivity contribution is 5.92. The van der Waals surface area contributed by atoms with Crippen molar-refractivity contribution in [1.29, 1.82) is 0 Å². The van der Waals surface area contributed by atoms with Crippen LogP contribution in [0.25, 0.3) is 5.69 Å². The second-order valence-electron chi connectivity index (χ2n) is 6.52. The van der Waals surface area contributed by atoms with Gasteiger partial charge < -0.3 is 4.90 Å². The van der Waals surface area contributed by atoms with E-state index in [-0.39, 0.29) is 5.91 Å². The van der Waals surface area contributed by atoms with Crippen LogP contribution in [0.5, 0.6) is 0 Å². The van der Waals surface area contributed by atoms with Crippen LogP contribution in [0.15, 0.2) is 48.9 Å². The molecule has 3 aromatic rings. The minimum atomic E-state index is 0.0141. The first-order valence-corrected chi connectivity index (χ1v) is 9.04. The van der Waals surface area contributed by atoms with Crippen molar-refractivity contribution in [1.82, 2.24) is 29.4 Å². The summed E-state index contributed by atoms with van der Waals surface area (Å²) in [4.78, 5) is 14.5. The Balaban J connectivity index is 1.44. The summed E-state index contributed by atoms with van der Waals surface area (Å²) < 4.78 is 3.83. The van der Waals surface area contributed by atoms with Gasteiger partial charge in [0.1, 0.15) is 17.8 Å². The lowest BCUT2D eigenvalue weighted by Crippen LogP contribution is -2.38. The van der Waals surface area contributed by atoms with Gasteiger partial charge in [0.25, 0.3) is 5.91 Å². The minimum absolute atomic E-state index is 0.0141. The number of aromatic nitrogens is 5. The molecule has 1 aliphatic heterocycles. The van der Waals surface area contributed by atoms with Crippen LogP contribution < -0.4 is 0 Å². The van der Waals surface area contributed by atoms with Crippen molar-refractivity contribution in [3.63, 3.8) is 0 Å². The lowest BCUT2D eigenvalue weighted by atomic mass is 9.95. The molecule has 3 heterocycles. The van der Waals surface area contributed by atoms with Gasteiger partial charge in [0.15, 0.2) is 0 Å². The van der Waals surface area contributed by atoms with E-state index in [2.05, 4.69) is 27.4 Å². The zero-order chi connectivity index (χ0) is 17.9. The van der Waals surface area contributed by atoms with E-state index in [9.17, 15) is 4.79 Å². The van der Waals surface area contributed by atoms with Gasteiger partial charge >= 0.3 is 0 Å². The Bertz CT molecular complexity index is 876. The predicted molar refractivity (Wildman–Crippen MR) is 97.1 cm³/mol. The Labute approximate surface area is 152 Å². The van der Waals surface area contributed by atoms with E-state index in [1.165, 1.54) is 0 Å². The van der Waals surface area contributed by atoms with Crippen LogP contribution in [-0.2, 0) is 6.54 Å². The summed E-state index contributed by atoms with van der Waals surface area (Å²) in [6.45, 7) is 4.20. The van der Waals surface area contributed by atoms with Gasteiger partial charge in [0.2, 0.25) is 0 Å². The SMILES string of the molecule is CCn1ccc(C(=O)N2CCC(c3nncn3-c3ccccc3)CC2)n1. The van der Waals surface area contributed by atoms with Gasteiger partial charge in [0.05, 0.1) is 0 Å². The van der Waals surface area contributed by atoms with Gasteiger partial charge in [-0.15, -0.1) is 10.2 Å². The Kier molecular flexibility index (Phi) is 4.51. The van der Waals surface area contributed by atoms with Gasteiger partial charge in [-0.3, -0.25) is 14.0 Å². The zero-order valence-corrected chi connectivity index (χ0v) is 14.8. The first-order chi connectivity index (χ1) is 12.8. The molecular weight excluding hydrogens is 328 g/mol. The number of likely N-dealkylation sites (tertiary alicyclic amines) is 1. The van der Waals surface area contributed by atoms with Crippen molar-refractivity contribution < 1.29 is 4.79 Å². The number of aryl methyl sites for hydroxylation is 1. The molecule has 0 atom stereocenters. The second kappa shape index (κ2) is 7.11. The molecule has 0 aliphatic carbocycles. The second-order valence-corrected chi connectivity index (χ2v) is 6.52. The fourth-order valence-corrected chi connectivity index (χ4v) is 3.46. The van der Waals surface area contributed by atoms with Crippen LogP contribution in [0, 0.1) is 0 Å². The molecule has 7 heteroatoms. The summed E-state index contributed by atoms with van der Waals surface area (Å²) >= 11 is 0. The van der Waals surface area contributed by atoms with Crippen molar-refractivity contribution in [2.24, 2.45) is 0 Å². The molecule has 1 aliphatic rings. The summed E-state index contributed by atoms with van der Waals surface area (Å²) in [5, 5.41) is 12.8. The highest BCUT2D eigenvalue weighted by Crippen LogP contribution is 2.28. The number of hydrogen-bond acceptors (Lipinski definition) is 4. The standard InChI is InChI=1S/C19H22N6O/c1-2-24-13-10-17(22-24)19(26)23-11-8-15(9-12-23)18-21-20-14-25(18)16-6-4-3-5-7-16/h3-7,10,13-15H,2,8-9,11-12H2,1H3. The van der Waals surface area contributed by atoms with Crippen molar-refractivity contribution in [2.45, 2.75) is 32.2 Å². The number of para-hydroxylation sites is 1. The van der Waals surface area contributed by atoms with E-state index in [1.807, 2.05) is 40.8 Å². The molecule has 0 radical (unpaired) electrons. The van der Waals surface area contributed by atoms with Crippen molar-refractivity contribution >= 4 is 5.91 Å². The highest BCUT2D eigenvalue weighted by atomic mass is 16.2. The van der Waals surface area contributed by atoms with Crippen LogP contribution in [0.3, 0.4) is 0 Å². The van der Waals surface area contributed by atoms with E-state index in [0.29, 0.717) is 24.7 Å². The van der Waals surface area contributed by atoms with Crippen molar-refractivity contribution in [2.75, 3.05) is 13.1 Å². The number of benzene rings is 1. The number of piperidine rings is 1. The monoisotopic (exact) mass is 350 g/mol. The summed E-state index contributed by atoms with van der Waals surface area (Å²) in [7, 11) is 0. The van der Waals surface area contributed by atoms with Crippen LogP contribution in [0.4, 0.5) is 0 Å². The molecule has 0 bridgehead atoms. The van der Waals surface area contributed by atoms with Crippen LogP contribution >= 0.6 is 0 Å². The van der Waals surface area contributed by atoms with E-state index in [0.717, 1.165) is 30.9 Å². The maximum Gasteiger partial charge on any atom is 0.274 e. The first-order valence-electron chi connectivity index (χ1n) is 9.04. The number of hydrogen-bond donors (Lipinski definition) is 0. The number of nitrogens with zero attached hydrogens (tertiary/aromatic N) is 6. The quantitative estimate of drug-likeness (QED) is 0.725. The zero-order valence-electron chi connectivity index (χ0n) is 14.8. The van der Waals surface area contributed by atoms with Gasteiger partial charge in [-0.2, -0.15) is 5.10 Å². The summed E-state index contributed by atoms with van der Waals surface area (Å²) in [6, 6.07) is 11.9. The average molecular weight is 350 g/mol. The Morgan fingerprint density at radius 1 is 1.15 bits per heavy atom. The number of rotatable bonds is 4. The molecule has 1 fully saturated rings. The number of carbonyl (C=O) groups excluding carboxylic acids is 1. The Hall–Kier alpha value is -2.96. The van der Waals surface area contributed by atoms with Crippen LogP contribution in [-0.4, -0.2) is 48.4 Å². The third-order valence-electron chi connectivity index (χ3n) is 4.94. The molecule has 0 spiro atoms. The lowest BCUT2D eigenvalue weighted by Gasteiger charge is -2.31. The number of carbonyl (C=O) groups is 1. The molecule has 0 N–H and O–H groups in total. The summed E-state index contributed by atoms with van der Waals surface area (Å²) in [5.74, 6) is 1.29. The molecule has 1 saturated heterocycles. The fourth-order valence-electron chi connectivity index (χ4n) is 3.46. The van der Waals surface area contributed by atoms with Crippen molar-refractivity contribution in [3.8, 4) is 5.69 Å². The molecule has 134 valence electrons. The van der Waals surface area contributed by atoms with E-state index >= 15 is 0 Å². The molecule has 4 rings (SSSR count). The fraction of sp³-hybridized carbons (Fsp3) is 0.368. The molecule has 0 unspecified atom stereocenters. The average Bonchev–Trinajstić information content (AvgIpc) is 3.38. The highest BCUT2D eigenvalue weighted by Gasteiger charge is 2.28. The molecular formula is C19H22N6O. The molecule has 1 amide bonds. The van der Waals surface area contributed by atoms with Crippen molar-refractivity contribution in [3.05, 3.63) is 60.4 Å². The van der Waals surface area contributed by atoms with Gasteiger partial charge in [-0.1, -0.05) is 18.2 Å². The maximum absolute atomic E-state index is 12.6. The molecule has 26 heavy (non-hydrogen) atoms. The van der Waals surface area contributed by atoms with E-state index in [1.54, 1.807) is 17.1 Å². The maximum atomic E-state index is 12.6. The van der Waals surface area contributed by atoms with Gasteiger partial charge in [-0.05, 0) is 38.0 Å². The Morgan fingerprint density at radius 2 is 1.92 bits per heavy atom. The largest absolute Gasteiger partial charge is 0.337 e. The smallest absolute Gasteiger partial charge is 0.274 e. The van der Waals surface area contributed by atoms with Gasteiger partial charge in [-0.25, -0.2) is 0 Å². The normalized spacial score (nSPS) is 15.3. The predicted octanol–water partition coefficient (Wildman–Crippen LogP) is 2.50. The van der Waals surface area contributed by atoms with E-state index < -0.39 is 0 Å². The lowest BCUT2D eigenvalue weighted by molar-refractivity contribution is 0.0704. The summed E-state index contributed by atoms with van der Waals surface area (Å²) in [6.07, 6.45) is 5.37. The number of amides is 1. The van der Waals surface area contributed by atoms with E-state index in [4.69, 9.17) is 0 Å². The Morgan fingerprint density at radius 3 is 2.62 bits per heavy atom. The topological polar surface area (TPSA) is 68.8 Å². The third-order valence-corrected chi connectivity index (χ3v) is 4.94. The molecule has 7 nitrogen and oxygen atoms in total. The molecule has 1 aromatic carbocycles. The van der Waals surface area contributed by atoms with Crippen LogP contribution in [0.2, 0.25) is 0 Å². The first kappa shape index (κ1) is 16.5.